The summed E-state index contributed by atoms with van der Waals surface area (Å²) in [6, 6.07) is 0. The zero-order valence-electron chi connectivity index (χ0n) is 89.0. The SMILES string of the molecule is CCC(OS(C)(=O)=O)[Si](C)(C)O[Si](O[Si](C)(C)C(CC)OS(C)(=O)=O)(O[Si](C)(C)C(CC)OS(C)(=O)=O)C(CC)[Si](C)(C)O[Si](C)(O[Si](C)(C)C(CC)[Si](O[Si](C)(C)C(CC)OS(C)(=O)=O)(O[Si](C)(C)C(CC)OS(C)(=O)=O)O[Si](C)(C)C(CC)OS(C)(=O)=O)O[Si](C)(C)C(CC)[Si](O[Si](C)(C)C(CC)OS(C)(=O)=O)(O[Si](C)(C)C(CC)OS(C)(=O)=O)O[Si](C)(C)C(CC)OS(C)(=O)=O. The number of hydrogen-bond acceptors (Lipinski definition) is 39. The van der Waals surface area contributed by atoms with Gasteiger partial charge in [0.15, 0.2) is 25.0 Å². The minimum atomic E-state index is -5.29. The first kappa shape index (κ1) is 136. The van der Waals surface area contributed by atoms with E-state index in [-0.39, 0.29) is 77.0 Å². The third-order valence-electron chi connectivity index (χ3n) is 22.9. The molecular formula is C70H174O39S9Si16. The molecule has 0 saturated carbocycles. The summed E-state index contributed by atoms with van der Waals surface area (Å²) < 4.78 is 398. The van der Waals surface area contributed by atoms with Crippen LogP contribution in [-0.2, 0) is 178 Å². The van der Waals surface area contributed by atoms with Crippen LogP contribution in [0.4, 0.5) is 0 Å². The molecule has 64 heteroatoms. The maximum absolute atomic E-state index is 13.7. The van der Waals surface area contributed by atoms with E-state index in [2.05, 4.69) is 0 Å². The van der Waals surface area contributed by atoms with Crippen molar-refractivity contribution in [3.8, 4) is 0 Å². The number of rotatable bonds is 69. The van der Waals surface area contributed by atoms with Crippen molar-refractivity contribution in [2.75, 3.05) is 56.3 Å². The van der Waals surface area contributed by atoms with Crippen LogP contribution in [0.2, 0.25) is 179 Å². The van der Waals surface area contributed by atoms with Crippen LogP contribution in [0.15, 0.2) is 0 Å². The van der Waals surface area contributed by atoms with Crippen molar-refractivity contribution >= 4 is 226 Å². The van der Waals surface area contributed by atoms with Crippen molar-refractivity contribution in [1.29, 1.82) is 0 Å². The quantitative estimate of drug-likeness (QED) is 0.0403. The van der Waals surface area contributed by atoms with Gasteiger partial charge in [0.2, 0.25) is 74.9 Å². The Labute approximate surface area is 828 Å². The predicted octanol–water partition coefficient (Wildman–Crippen LogP) is 13.6. The molecule has 39 nitrogen and oxygen atoms in total. The van der Waals surface area contributed by atoms with E-state index in [1.165, 1.54) is 0 Å². The zero-order chi connectivity index (χ0) is 107. The van der Waals surface area contributed by atoms with E-state index in [0.717, 1.165) is 56.3 Å². The lowest BCUT2D eigenvalue weighted by atomic mass is 10.5. The Kier molecular flexibility index (Phi) is 50.6. The highest BCUT2D eigenvalue weighted by Crippen LogP contribution is 2.53. The molecule has 0 N–H and O–H groups in total. The largest absolute Gasteiger partial charge is 0.472 e. The summed E-state index contributed by atoms with van der Waals surface area (Å²) in [6.45, 7) is 63.9. The number of hydrogen-bond donors (Lipinski definition) is 0. The Bertz CT molecular complexity index is 3990. The molecule has 0 bridgehead atoms. The summed E-state index contributed by atoms with van der Waals surface area (Å²) in [5.74, 6) is 0. The van der Waals surface area contributed by atoms with Gasteiger partial charge in [-0.15, -0.1) is 0 Å². The van der Waals surface area contributed by atoms with Crippen LogP contribution in [0, 0.1) is 0 Å². The molecule has 0 amide bonds. The van der Waals surface area contributed by atoms with Gasteiger partial charge in [0.1, 0.15) is 0 Å². The lowest BCUT2D eigenvalue weighted by molar-refractivity contribution is 0.169. The molecule has 0 spiro atoms. The summed E-state index contributed by atoms with van der Waals surface area (Å²) in [7, 11) is -110. The van der Waals surface area contributed by atoms with Crippen LogP contribution in [-0.4, -0.2) is 319 Å². The molecule has 0 fully saturated rings. The first-order valence-corrected chi connectivity index (χ1v) is 105. The Morgan fingerprint density at radius 1 is 0.149 bits per heavy atom. The van der Waals surface area contributed by atoms with Crippen molar-refractivity contribution in [2.45, 2.75) is 391 Å². The minimum absolute atomic E-state index is 0.0102. The topological polar surface area (TPSA) is 501 Å². The summed E-state index contributed by atoms with van der Waals surface area (Å²) in [4.78, 5) is 0. The van der Waals surface area contributed by atoms with Crippen LogP contribution in [0.1, 0.15) is 160 Å². The van der Waals surface area contributed by atoms with Gasteiger partial charge in [0.25, 0.3) is 91.1 Å². The van der Waals surface area contributed by atoms with E-state index in [4.69, 9.17) is 87.0 Å². The first-order chi connectivity index (χ1) is 59.1. The van der Waals surface area contributed by atoms with Crippen molar-refractivity contribution in [3.63, 3.8) is 0 Å². The van der Waals surface area contributed by atoms with Gasteiger partial charge < -0.3 is 49.4 Å². The van der Waals surface area contributed by atoms with E-state index in [9.17, 15) is 75.8 Å². The van der Waals surface area contributed by atoms with Crippen molar-refractivity contribution < 1.29 is 163 Å². The maximum atomic E-state index is 13.7. The van der Waals surface area contributed by atoms with E-state index in [0.29, 0.717) is 0 Å². The van der Waals surface area contributed by atoms with Crippen molar-refractivity contribution in [1.82, 2.24) is 0 Å². The molecule has 0 aromatic carbocycles. The lowest BCUT2D eigenvalue weighted by Gasteiger charge is -2.56. The molecule has 0 radical (unpaired) electrons. The van der Waals surface area contributed by atoms with Gasteiger partial charge in [-0.1, -0.05) is 83.1 Å². The van der Waals surface area contributed by atoms with E-state index >= 15 is 0 Å². The third-order valence-corrected chi connectivity index (χ3v) is 108. The van der Waals surface area contributed by atoms with Crippen LogP contribution >= 0.6 is 0 Å². The second-order valence-corrected chi connectivity index (χ2v) is 121. The molecule has 0 aliphatic carbocycles. The summed E-state index contributed by atoms with van der Waals surface area (Å²) in [5, 5.41) is -3.69. The van der Waals surface area contributed by atoms with Gasteiger partial charge >= 0.3 is 35.2 Å². The summed E-state index contributed by atoms with van der Waals surface area (Å²) in [5.41, 5.74) is -11.1. The van der Waals surface area contributed by atoms with E-state index in [1.54, 1.807) is 207 Å². The van der Waals surface area contributed by atoms with E-state index < -0.39 is 293 Å². The highest BCUT2D eigenvalue weighted by molar-refractivity contribution is 7.88. The van der Waals surface area contributed by atoms with Gasteiger partial charge in [0, 0.05) is 22.0 Å². The standard InChI is InChI=1S/C70H174O39S9Si16/c1-47-59(89-110(13,71)72)119(22,23)101-132(102-120(24,25)60(48-2)90-111(14,73)74,103-121(26,27)61(49-3)91-112(15,75)76)68(56-10)128(40,41)98-131(46,99-129(42,43)69(57-11)133(104-122(28,29)62(50-4)92-113(16,77)78,105-123(30,31)63(51-5)93-114(17,79)80)106-124(32,33)64(52-6)94-115(18,81)82)100-130(44,45)70(58-12)134(107-125(34,35)65(53-7)95-116(19,83)84,108-126(36,37)66(54-8)96-117(20,85)86)109-127(38,39)67(55-9)97-118(21,87)88/h59-70H,47-58H2,1-46H3. The molecule has 0 aromatic heterocycles. The average molecular weight is 2380 g/mol. The Morgan fingerprint density at radius 2 is 0.239 bits per heavy atom. The average Bonchev–Trinajstić information content (AvgIpc) is 0.728. The normalized spacial score (nSPS) is 19.5. The molecule has 0 heterocycles. The maximum Gasteiger partial charge on any atom is 0.472 e. The van der Waals surface area contributed by atoms with Gasteiger partial charge in [-0.2, -0.15) is 75.8 Å². The molecular weight excluding hydrogens is 2200 g/mol. The Morgan fingerprint density at radius 3 is 0.306 bits per heavy atom. The molecule has 0 aliphatic rings. The second kappa shape index (κ2) is 49.8. The zero-order valence-corrected chi connectivity index (χ0v) is 112. The lowest BCUT2D eigenvalue weighted by Crippen LogP contribution is -2.75. The Balaban J connectivity index is 12.5. The highest BCUT2D eigenvalue weighted by Gasteiger charge is 2.73. The highest BCUT2D eigenvalue weighted by atomic mass is 32.3. The fraction of sp³-hybridized carbons (Fsp3) is 1.00. The first-order valence-electron chi connectivity index (χ1n) is 45.4. The molecule has 0 aliphatic heterocycles. The van der Waals surface area contributed by atoms with E-state index in [1.807, 2.05) is 39.3 Å². The Hall–Kier alpha value is 2.18. The van der Waals surface area contributed by atoms with Gasteiger partial charge in [0.05, 0.1) is 108 Å². The molecule has 0 aromatic rings. The van der Waals surface area contributed by atoms with Crippen molar-refractivity contribution in [2.24, 2.45) is 0 Å². The molecule has 134 heavy (non-hydrogen) atoms. The smallest absolute Gasteiger partial charge is 0.416 e. The molecule has 12 unspecified atom stereocenters. The molecule has 0 rings (SSSR count). The van der Waals surface area contributed by atoms with Crippen molar-refractivity contribution in [3.05, 3.63) is 0 Å². The fourth-order valence-corrected chi connectivity index (χ4v) is 122. The molecule has 806 valence electrons. The van der Waals surface area contributed by atoms with Gasteiger partial charge in [-0.05, 0) is 234 Å². The summed E-state index contributed by atoms with van der Waals surface area (Å²) in [6.07, 6.45) is 7.90. The van der Waals surface area contributed by atoms with Crippen LogP contribution in [0.3, 0.4) is 0 Å². The minimum Gasteiger partial charge on any atom is -0.416 e. The van der Waals surface area contributed by atoms with Crippen LogP contribution in [0.25, 0.3) is 0 Å². The predicted molar refractivity (Wildman–Crippen MR) is 564 cm³/mol. The second-order valence-electron chi connectivity index (χ2n) is 41.3. The summed E-state index contributed by atoms with van der Waals surface area (Å²) >= 11 is 0. The molecule has 12 atom stereocenters. The molecule has 0 saturated heterocycles. The van der Waals surface area contributed by atoms with Gasteiger partial charge in [-0.25, -0.2) is 0 Å². The van der Waals surface area contributed by atoms with Crippen LogP contribution in [0.5, 0.6) is 0 Å². The monoisotopic (exact) mass is 2370 g/mol. The van der Waals surface area contributed by atoms with Crippen LogP contribution < -0.4 is 0 Å². The van der Waals surface area contributed by atoms with Gasteiger partial charge in [-0.3, -0.25) is 37.6 Å². The fourth-order valence-electron chi connectivity index (χ4n) is 17.9. The third kappa shape index (κ3) is 43.8.